The highest BCUT2D eigenvalue weighted by Crippen LogP contribution is 2.51. The van der Waals surface area contributed by atoms with Crippen LogP contribution in [0.1, 0.15) is 43.2 Å². The normalized spacial score (nSPS) is 19.1. The minimum absolute atomic E-state index is 0.00289. The molecule has 1 saturated carbocycles. The summed E-state index contributed by atoms with van der Waals surface area (Å²) in [5, 5.41) is 5.20. The topological polar surface area (TPSA) is 86.5 Å². The maximum absolute atomic E-state index is 13.4. The lowest BCUT2D eigenvalue weighted by atomic mass is 9.75. The van der Waals surface area contributed by atoms with E-state index in [4.69, 9.17) is 9.88 Å². The van der Waals surface area contributed by atoms with Crippen LogP contribution in [0.3, 0.4) is 0 Å². The average molecular weight is 401 g/mol. The van der Waals surface area contributed by atoms with Crippen molar-refractivity contribution in [2.45, 2.75) is 42.6 Å². The monoisotopic (exact) mass is 401 g/mol. The highest BCUT2D eigenvalue weighted by Gasteiger charge is 2.48. The van der Waals surface area contributed by atoms with Crippen molar-refractivity contribution in [3.05, 3.63) is 65.5 Å². The van der Waals surface area contributed by atoms with Crippen LogP contribution in [0.5, 0.6) is 0 Å². The first-order valence-corrected chi connectivity index (χ1v) is 10.7. The summed E-state index contributed by atoms with van der Waals surface area (Å²) in [5.41, 5.74) is 1.70. The number of hydrogen-bond donors (Lipinski definition) is 1. The molecule has 0 bridgehead atoms. The van der Waals surface area contributed by atoms with E-state index in [0.717, 1.165) is 24.8 Å². The number of carbonyl (C=O) groups excluding carboxylic acids is 1. The molecule has 28 heavy (non-hydrogen) atoms. The standard InChI is InChI=1S/C21H20FNO4S/c22-16-8-4-14(5-9-16)18-19(15-6-10-17(11-7-15)28(23,25)26)21(27-20(18)24)12-2-1-3-13-21/h4-11H,1-3,12-13H2,(H2,23,25,26). The Morgan fingerprint density at radius 2 is 1.46 bits per heavy atom. The van der Waals surface area contributed by atoms with Gasteiger partial charge < -0.3 is 4.74 Å². The van der Waals surface area contributed by atoms with Crippen molar-refractivity contribution in [1.29, 1.82) is 0 Å². The maximum atomic E-state index is 13.4. The lowest BCUT2D eigenvalue weighted by Crippen LogP contribution is -2.33. The predicted molar refractivity (Wildman–Crippen MR) is 103 cm³/mol. The van der Waals surface area contributed by atoms with Crippen molar-refractivity contribution < 1.29 is 22.3 Å². The molecular formula is C21H20FNO4S. The summed E-state index contributed by atoms with van der Waals surface area (Å²) in [6.07, 6.45) is 4.35. The zero-order valence-electron chi connectivity index (χ0n) is 15.2. The molecule has 0 unspecified atom stereocenters. The van der Waals surface area contributed by atoms with Gasteiger partial charge in [-0.2, -0.15) is 0 Å². The molecule has 0 aromatic heterocycles. The molecule has 146 valence electrons. The van der Waals surface area contributed by atoms with Crippen LogP contribution in [-0.4, -0.2) is 20.0 Å². The molecule has 1 fully saturated rings. The number of benzene rings is 2. The minimum Gasteiger partial charge on any atom is -0.451 e. The van der Waals surface area contributed by atoms with Crippen LogP contribution in [0.25, 0.3) is 11.1 Å². The summed E-state index contributed by atoms with van der Waals surface area (Å²) in [6, 6.07) is 11.9. The van der Waals surface area contributed by atoms with E-state index in [1.54, 1.807) is 24.3 Å². The molecule has 2 aromatic carbocycles. The van der Waals surface area contributed by atoms with Gasteiger partial charge in [-0.1, -0.05) is 30.7 Å². The van der Waals surface area contributed by atoms with Crippen LogP contribution in [0.2, 0.25) is 0 Å². The Kier molecular flexibility index (Phi) is 4.59. The molecule has 2 aromatic rings. The van der Waals surface area contributed by atoms with Gasteiger partial charge in [0.25, 0.3) is 0 Å². The second-order valence-corrected chi connectivity index (χ2v) is 8.83. The number of hydrogen-bond acceptors (Lipinski definition) is 4. The zero-order valence-corrected chi connectivity index (χ0v) is 16.0. The summed E-state index contributed by atoms with van der Waals surface area (Å²) in [4.78, 5) is 12.9. The Balaban J connectivity index is 1.91. The Morgan fingerprint density at radius 1 is 0.893 bits per heavy atom. The highest BCUT2D eigenvalue weighted by atomic mass is 32.2. The largest absolute Gasteiger partial charge is 0.451 e. The van der Waals surface area contributed by atoms with Crippen LogP contribution < -0.4 is 5.14 Å². The van der Waals surface area contributed by atoms with Crippen LogP contribution in [0.15, 0.2) is 53.4 Å². The molecule has 2 aliphatic rings. The quantitative estimate of drug-likeness (QED) is 0.796. The van der Waals surface area contributed by atoms with Crippen LogP contribution in [0.4, 0.5) is 4.39 Å². The Labute approximate surface area is 163 Å². The fourth-order valence-electron chi connectivity index (χ4n) is 4.18. The lowest BCUT2D eigenvalue weighted by molar-refractivity contribution is -0.146. The molecule has 0 saturated heterocycles. The molecular weight excluding hydrogens is 381 g/mol. The Morgan fingerprint density at radius 3 is 2.04 bits per heavy atom. The summed E-state index contributed by atoms with van der Waals surface area (Å²) >= 11 is 0. The SMILES string of the molecule is NS(=O)(=O)c1ccc(C2=C(c3ccc(F)cc3)C(=O)OC23CCCCC3)cc1. The summed E-state index contributed by atoms with van der Waals surface area (Å²) < 4.78 is 42.5. The third-order valence-corrected chi connectivity index (χ3v) is 6.39. The van der Waals surface area contributed by atoms with E-state index in [9.17, 15) is 17.6 Å². The number of primary sulfonamides is 1. The van der Waals surface area contributed by atoms with Crippen molar-refractivity contribution >= 4 is 27.1 Å². The van der Waals surface area contributed by atoms with Crippen LogP contribution in [0, 0.1) is 5.82 Å². The fourth-order valence-corrected chi connectivity index (χ4v) is 4.70. The summed E-state index contributed by atoms with van der Waals surface area (Å²) in [6.45, 7) is 0. The zero-order chi connectivity index (χ0) is 19.9. The molecule has 0 amide bonds. The van der Waals surface area contributed by atoms with E-state index in [0.29, 0.717) is 29.5 Å². The molecule has 1 heterocycles. The molecule has 1 aliphatic heterocycles. The van der Waals surface area contributed by atoms with Gasteiger partial charge in [-0.25, -0.2) is 22.7 Å². The fraction of sp³-hybridized carbons (Fsp3) is 0.286. The molecule has 2 N–H and O–H groups in total. The third-order valence-electron chi connectivity index (χ3n) is 5.46. The summed E-state index contributed by atoms with van der Waals surface area (Å²) in [5.74, 6) is -0.818. The molecule has 4 rings (SSSR count). The number of sulfonamides is 1. The van der Waals surface area contributed by atoms with Gasteiger partial charge >= 0.3 is 5.97 Å². The van der Waals surface area contributed by atoms with Crippen molar-refractivity contribution in [1.82, 2.24) is 0 Å². The maximum Gasteiger partial charge on any atom is 0.340 e. The number of ether oxygens (including phenoxy) is 1. The highest BCUT2D eigenvalue weighted by molar-refractivity contribution is 7.89. The molecule has 7 heteroatoms. The average Bonchev–Trinajstić information content (AvgIpc) is 2.94. The van der Waals surface area contributed by atoms with E-state index in [1.807, 2.05) is 0 Å². The van der Waals surface area contributed by atoms with Crippen molar-refractivity contribution in [3.63, 3.8) is 0 Å². The van der Waals surface area contributed by atoms with E-state index in [-0.39, 0.29) is 10.7 Å². The van der Waals surface area contributed by atoms with E-state index in [1.165, 1.54) is 24.3 Å². The second kappa shape index (κ2) is 6.83. The number of esters is 1. The van der Waals surface area contributed by atoms with Crippen molar-refractivity contribution in [2.75, 3.05) is 0 Å². The van der Waals surface area contributed by atoms with Crippen LogP contribution >= 0.6 is 0 Å². The van der Waals surface area contributed by atoms with E-state index < -0.39 is 21.6 Å². The number of carbonyl (C=O) groups is 1. The third kappa shape index (κ3) is 3.25. The van der Waals surface area contributed by atoms with Gasteiger partial charge in [0.15, 0.2) is 0 Å². The number of nitrogens with two attached hydrogens (primary N) is 1. The van der Waals surface area contributed by atoms with Gasteiger partial charge in [-0.3, -0.25) is 0 Å². The summed E-state index contributed by atoms with van der Waals surface area (Å²) in [7, 11) is -3.81. The number of rotatable bonds is 3. The van der Waals surface area contributed by atoms with E-state index in [2.05, 4.69) is 0 Å². The van der Waals surface area contributed by atoms with Gasteiger partial charge in [-0.15, -0.1) is 0 Å². The van der Waals surface area contributed by atoms with Gasteiger partial charge in [0.2, 0.25) is 10.0 Å². The Hall–Kier alpha value is -2.51. The molecule has 1 aliphatic carbocycles. The first-order chi connectivity index (χ1) is 13.3. The first kappa shape index (κ1) is 18.8. The molecule has 1 spiro atoms. The lowest BCUT2D eigenvalue weighted by Gasteiger charge is -2.34. The predicted octanol–water partition coefficient (Wildman–Crippen LogP) is 3.64. The van der Waals surface area contributed by atoms with Gasteiger partial charge in [0, 0.05) is 5.57 Å². The van der Waals surface area contributed by atoms with Crippen molar-refractivity contribution in [3.8, 4) is 0 Å². The molecule has 0 atom stereocenters. The van der Waals surface area contributed by atoms with Gasteiger partial charge in [0.1, 0.15) is 11.4 Å². The second-order valence-electron chi connectivity index (χ2n) is 7.27. The Bertz CT molecular complexity index is 1050. The molecule has 0 radical (unpaired) electrons. The molecule has 5 nitrogen and oxygen atoms in total. The van der Waals surface area contributed by atoms with Gasteiger partial charge in [-0.05, 0) is 61.1 Å². The first-order valence-electron chi connectivity index (χ1n) is 9.17. The van der Waals surface area contributed by atoms with Crippen LogP contribution in [-0.2, 0) is 19.6 Å². The minimum atomic E-state index is -3.81. The number of halogens is 1. The van der Waals surface area contributed by atoms with Crippen molar-refractivity contribution in [2.24, 2.45) is 5.14 Å². The van der Waals surface area contributed by atoms with E-state index >= 15 is 0 Å². The smallest absolute Gasteiger partial charge is 0.340 e. The van der Waals surface area contributed by atoms with Gasteiger partial charge in [0.05, 0.1) is 10.5 Å².